The molecule has 3 heteroatoms. The third-order valence-corrected chi connectivity index (χ3v) is 4.30. The van der Waals surface area contributed by atoms with E-state index in [-0.39, 0.29) is 0 Å². The molecule has 1 fully saturated rings. The van der Waals surface area contributed by atoms with Gasteiger partial charge in [-0.3, -0.25) is 9.97 Å². The molecule has 1 aromatic rings. The highest BCUT2D eigenvalue weighted by Gasteiger charge is 2.28. The highest BCUT2D eigenvalue weighted by atomic mass is 14.9. The van der Waals surface area contributed by atoms with Crippen molar-refractivity contribution < 1.29 is 0 Å². The summed E-state index contributed by atoms with van der Waals surface area (Å²) in [7, 11) is 2.04. The number of nitrogens with zero attached hydrogens (tertiary/aromatic N) is 2. The van der Waals surface area contributed by atoms with Crippen LogP contribution in [0.1, 0.15) is 56.5 Å². The molecule has 100 valence electrons. The van der Waals surface area contributed by atoms with Crippen molar-refractivity contribution in [2.75, 3.05) is 7.05 Å². The van der Waals surface area contributed by atoms with E-state index in [2.05, 4.69) is 22.2 Å². The fraction of sp³-hybridized carbons (Fsp3) is 0.733. The second kappa shape index (κ2) is 6.28. The van der Waals surface area contributed by atoms with Gasteiger partial charge in [0.15, 0.2) is 0 Å². The Hall–Kier alpha value is -0.960. The molecule has 0 aliphatic heterocycles. The molecular weight excluding hydrogens is 222 g/mol. The molecule has 0 radical (unpaired) electrons. The fourth-order valence-corrected chi connectivity index (χ4v) is 3.19. The Morgan fingerprint density at radius 3 is 2.78 bits per heavy atom. The average Bonchev–Trinajstić information content (AvgIpc) is 2.42. The molecule has 0 amide bonds. The van der Waals surface area contributed by atoms with Gasteiger partial charge < -0.3 is 5.32 Å². The van der Waals surface area contributed by atoms with Gasteiger partial charge in [0.2, 0.25) is 0 Å². The summed E-state index contributed by atoms with van der Waals surface area (Å²) >= 11 is 0. The molecule has 0 spiro atoms. The van der Waals surface area contributed by atoms with Crippen molar-refractivity contribution in [3.63, 3.8) is 0 Å². The van der Waals surface area contributed by atoms with Crippen LogP contribution in [0.15, 0.2) is 12.4 Å². The third-order valence-electron chi connectivity index (χ3n) is 4.30. The second-order valence-corrected chi connectivity index (χ2v) is 5.55. The quantitative estimate of drug-likeness (QED) is 0.887. The van der Waals surface area contributed by atoms with Gasteiger partial charge in [-0.1, -0.05) is 26.2 Å². The van der Waals surface area contributed by atoms with E-state index in [4.69, 9.17) is 0 Å². The van der Waals surface area contributed by atoms with E-state index < -0.39 is 0 Å². The summed E-state index contributed by atoms with van der Waals surface area (Å²) in [4.78, 5) is 8.93. The Balaban J connectivity index is 2.10. The molecule has 0 bridgehead atoms. The molecule has 1 aliphatic carbocycles. The molecule has 1 aliphatic rings. The molecule has 1 saturated carbocycles. The van der Waals surface area contributed by atoms with E-state index >= 15 is 0 Å². The van der Waals surface area contributed by atoms with Crippen molar-refractivity contribution in [2.24, 2.45) is 11.8 Å². The molecule has 1 aromatic heterocycles. The van der Waals surface area contributed by atoms with Gasteiger partial charge in [0.05, 0.1) is 23.6 Å². The topological polar surface area (TPSA) is 37.8 Å². The zero-order chi connectivity index (χ0) is 13.0. The number of hydrogen-bond acceptors (Lipinski definition) is 3. The first kappa shape index (κ1) is 13.5. The van der Waals surface area contributed by atoms with Crippen LogP contribution in [0.25, 0.3) is 0 Å². The van der Waals surface area contributed by atoms with E-state index in [1.165, 1.54) is 32.1 Å². The summed E-state index contributed by atoms with van der Waals surface area (Å²) in [5.41, 5.74) is 2.09. The Morgan fingerprint density at radius 2 is 2.17 bits per heavy atom. The van der Waals surface area contributed by atoms with E-state index in [1.807, 2.05) is 26.4 Å². The van der Waals surface area contributed by atoms with Gasteiger partial charge in [-0.05, 0) is 38.6 Å². The van der Waals surface area contributed by atoms with E-state index in [1.54, 1.807) is 0 Å². The van der Waals surface area contributed by atoms with Crippen LogP contribution in [0.5, 0.6) is 0 Å². The predicted molar refractivity (Wildman–Crippen MR) is 74.3 cm³/mol. The predicted octanol–water partition coefficient (Wildman–Crippen LogP) is 3.26. The van der Waals surface area contributed by atoms with Crippen molar-refractivity contribution in [1.82, 2.24) is 15.3 Å². The first-order valence-corrected chi connectivity index (χ1v) is 7.20. The van der Waals surface area contributed by atoms with Crippen LogP contribution >= 0.6 is 0 Å². The standard InChI is InChI=1S/C15H25N3/c1-4-12-6-5-7-13(8-12)15(16-3)14-10-17-11(2)9-18-14/h9-10,12-13,15-16H,4-8H2,1-3H3. The average molecular weight is 247 g/mol. The van der Waals surface area contributed by atoms with Gasteiger partial charge in [-0.2, -0.15) is 0 Å². The minimum atomic E-state index is 0.368. The largest absolute Gasteiger partial charge is 0.311 e. The molecule has 3 atom stereocenters. The van der Waals surface area contributed by atoms with Gasteiger partial charge >= 0.3 is 0 Å². The molecule has 1 heterocycles. The van der Waals surface area contributed by atoms with Gasteiger partial charge in [0.25, 0.3) is 0 Å². The normalized spacial score (nSPS) is 25.9. The van der Waals surface area contributed by atoms with Gasteiger partial charge in [0.1, 0.15) is 0 Å². The van der Waals surface area contributed by atoms with Crippen LogP contribution in [0.4, 0.5) is 0 Å². The van der Waals surface area contributed by atoms with Crippen molar-refractivity contribution in [2.45, 2.75) is 52.0 Å². The summed E-state index contributed by atoms with van der Waals surface area (Å²) in [6.45, 7) is 4.30. The lowest BCUT2D eigenvalue weighted by molar-refractivity contribution is 0.212. The van der Waals surface area contributed by atoms with Crippen LogP contribution in [0.3, 0.4) is 0 Å². The van der Waals surface area contributed by atoms with Crippen molar-refractivity contribution in [1.29, 1.82) is 0 Å². The SMILES string of the molecule is CCC1CCCC(C(NC)c2cnc(C)cn2)C1. The second-order valence-electron chi connectivity index (χ2n) is 5.55. The number of aryl methyl sites for hydroxylation is 1. The fourth-order valence-electron chi connectivity index (χ4n) is 3.19. The first-order valence-electron chi connectivity index (χ1n) is 7.20. The molecule has 3 nitrogen and oxygen atoms in total. The van der Waals surface area contributed by atoms with Gasteiger partial charge in [-0.15, -0.1) is 0 Å². The minimum Gasteiger partial charge on any atom is -0.311 e. The lowest BCUT2D eigenvalue weighted by Gasteiger charge is -2.33. The monoisotopic (exact) mass is 247 g/mol. The minimum absolute atomic E-state index is 0.368. The third kappa shape index (κ3) is 3.08. The zero-order valence-electron chi connectivity index (χ0n) is 11.8. The zero-order valence-corrected chi connectivity index (χ0v) is 11.8. The van der Waals surface area contributed by atoms with Crippen molar-refractivity contribution in [3.8, 4) is 0 Å². The van der Waals surface area contributed by atoms with Crippen LogP contribution in [0.2, 0.25) is 0 Å². The lowest BCUT2D eigenvalue weighted by Crippen LogP contribution is -2.30. The van der Waals surface area contributed by atoms with E-state index in [0.29, 0.717) is 12.0 Å². The number of nitrogens with one attached hydrogen (secondary N) is 1. The molecule has 18 heavy (non-hydrogen) atoms. The molecule has 3 unspecified atom stereocenters. The summed E-state index contributed by atoms with van der Waals surface area (Å²) in [6.07, 6.45) is 10.5. The Kier molecular flexibility index (Phi) is 4.70. The maximum Gasteiger partial charge on any atom is 0.0759 e. The molecular formula is C15H25N3. The van der Waals surface area contributed by atoms with Crippen LogP contribution in [-0.2, 0) is 0 Å². The van der Waals surface area contributed by atoms with E-state index in [9.17, 15) is 0 Å². The lowest BCUT2D eigenvalue weighted by atomic mass is 9.76. The van der Waals surface area contributed by atoms with Crippen LogP contribution < -0.4 is 5.32 Å². The van der Waals surface area contributed by atoms with Crippen molar-refractivity contribution in [3.05, 3.63) is 23.8 Å². The summed E-state index contributed by atoms with van der Waals surface area (Å²) in [5.74, 6) is 1.61. The van der Waals surface area contributed by atoms with Crippen molar-refractivity contribution >= 4 is 0 Å². The maximum absolute atomic E-state index is 4.55. The maximum atomic E-state index is 4.55. The van der Waals surface area contributed by atoms with E-state index in [0.717, 1.165) is 17.3 Å². The Morgan fingerprint density at radius 1 is 1.33 bits per heavy atom. The molecule has 1 N–H and O–H groups in total. The first-order chi connectivity index (χ1) is 8.74. The molecule has 0 saturated heterocycles. The highest BCUT2D eigenvalue weighted by molar-refractivity contribution is 5.07. The number of rotatable bonds is 4. The summed E-state index contributed by atoms with van der Waals surface area (Å²) in [5, 5.41) is 3.45. The summed E-state index contributed by atoms with van der Waals surface area (Å²) < 4.78 is 0. The van der Waals surface area contributed by atoms with Crippen LogP contribution in [0, 0.1) is 18.8 Å². The molecule has 2 rings (SSSR count). The van der Waals surface area contributed by atoms with Gasteiger partial charge in [0, 0.05) is 6.20 Å². The Labute approximate surface area is 110 Å². The van der Waals surface area contributed by atoms with Gasteiger partial charge in [-0.25, -0.2) is 0 Å². The number of aromatic nitrogens is 2. The highest BCUT2D eigenvalue weighted by Crippen LogP contribution is 2.37. The number of hydrogen-bond donors (Lipinski definition) is 1. The molecule has 0 aromatic carbocycles. The summed E-state index contributed by atoms with van der Waals surface area (Å²) in [6, 6.07) is 0.368. The smallest absolute Gasteiger partial charge is 0.0759 e. The Bertz CT molecular complexity index is 361. The van der Waals surface area contributed by atoms with Crippen LogP contribution in [-0.4, -0.2) is 17.0 Å².